The van der Waals surface area contributed by atoms with Crippen LogP contribution in [0.1, 0.15) is 38.2 Å². The first-order valence-corrected chi connectivity index (χ1v) is 17.3. The Bertz CT molecular complexity index is 1900. The highest BCUT2D eigenvalue weighted by atomic mass is 19.4. The first-order valence-electron chi connectivity index (χ1n) is 17.3. The lowest BCUT2D eigenvalue weighted by molar-refractivity contribution is -0.137. The molecule has 3 N–H and O–H groups in total. The Morgan fingerprint density at radius 1 is 0.885 bits per heavy atom. The molecule has 276 valence electrons. The van der Waals surface area contributed by atoms with Crippen LogP contribution in [-0.4, -0.2) is 74.8 Å². The van der Waals surface area contributed by atoms with Gasteiger partial charge < -0.3 is 35.1 Å². The number of aromatic nitrogens is 1. The van der Waals surface area contributed by atoms with Crippen LogP contribution in [0.3, 0.4) is 0 Å². The van der Waals surface area contributed by atoms with Crippen molar-refractivity contribution in [2.24, 2.45) is 5.92 Å². The van der Waals surface area contributed by atoms with Crippen molar-refractivity contribution in [1.82, 2.24) is 15.2 Å². The zero-order chi connectivity index (χ0) is 36.8. The zero-order valence-electron chi connectivity index (χ0n) is 29.4. The molecule has 0 spiro atoms. The van der Waals surface area contributed by atoms with Gasteiger partial charge in [-0.3, -0.25) is 14.7 Å². The van der Waals surface area contributed by atoms with Gasteiger partial charge in [0.25, 0.3) is 0 Å². The summed E-state index contributed by atoms with van der Waals surface area (Å²) in [5.74, 6) is 2.45. The van der Waals surface area contributed by atoms with E-state index in [1.807, 2.05) is 0 Å². The maximum Gasteiger partial charge on any atom is 0.418 e. The summed E-state index contributed by atoms with van der Waals surface area (Å²) in [4.78, 5) is 33.8. The molecule has 4 aromatic rings. The van der Waals surface area contributed by atoms with E-state index in [-0.39, 0.29) is 23.3 Å². The Morgan fingerprint density at radius 3 is 2.33 bits per heavy atom. The fraction of sp³-hybridized carbons (Fsp3) is 0.395. The summed E-state index contributed by atoms with van der Waals surface area (Å²) in [6, 6.07) is 14.8. The van der Waals surface area contributed by atoms with Crippen molar-refractivity contribution in [3.05, 3.63) is 72.4 Å². The van der Waals surface area contributed by atoms with E-state index in [4.69, 9.17) is 14.2 Å². The predicted molar refractivity (Wildman–Crippen MR) is 194 cm³/mol. The normalized spacial score (nSPS) is 17.0. The van der Waals surface area contributed by atoms with Gasteiger partial charge in [0, 0.05) is 66.5 Å². The maximum atomic E-state index is 14.3. The molecule has 2 aliphatic rings. The van der Waals surface area contributed by atoms with Gasteiger partial charge in [-0.1, -0.05) is 13.0 Å². The number of methoxy groups -OCH3 is 2. The lowest BCUT2D eigenvalue weighted by atomic mass is 10.00. The molecule has 52 heavy (non-hydrogen) atoms. The van der Waals surface area contributed by atoms with Gasteiger partial charge in [-0.25, -0.2) is 4.79 Å². The number of nitrogens with zero attached hydrogens (tertiary/aromatic N) is 3. The number of anilines is 3. The van der Waals surface area contributed by atoms with E-state index in [2.05, 4.69) is 32.8 Å². The number of ether oxygens (including phenoxy) is 3. The number of carbonyl (C=O) groups is 2. The largest absolute Gasteiger partial charge is 0.493 e. The van der Waals surface area contributed by atoms with Crippen molar-refractivity contribution in [3.63, 3.8) is 0 Å². The van der Waals surface area contributed by atoms with E-state index in [0.29, 0.717) is 78.0 Å². The molecule has 1 atom stereocenters. The molecule has 0 saturated carbocycles. The standard InChI is InChI=1S/C38H43F3N6O5/c1-24-6-5-15-46(22-24)23-36(48)43-25-12-16-47(17-13-25)32-10-9-27(19-30(32)38(39,40)41)45-37(49)44-26-7-4-8-28(18-26)52-33-11-14-42-31-21-35(51-3)34(50-2)20-29(31)33/h4,7-11,14,18-21,24-25H,5-6,12-13,15-17,22-23H2,1-3H3,(H,43,48)(H2,44,45,49). The number of fused-ring (bicyclic) bond motifs is 1. The van der Waals surface area contributed by atoms with Crippen LogP contribution in [0.2, 0.25) is 0 Å². The second kappa shape index (κ2) is 16.0. The Kier molecular flexibility index (Phi) is 11.2. The number of hydrogen-bond donors (Lipinski definition) is 3. The van der Waals surface area contributed by atoms with Crippen molar-refractivity contribution in [3.8, 4) is 23.0 Å². The molecule has 2 saturated heterocycles. The highest BCUT2D eigenvalue weighted by Gasteiger charge is 2.36. The minimum atomic E-state index is -4.65. The monoisotopic (exact) mass is 720 g/mol. The van der Waals surface area contributed by atoms with Gasteiger partial charge in [-0.05, 0) is 80.6 Å². The van der Waals surface area contributed by atoms with E-state index in [9.17, 15) is 22.8 Å². The number of halogens is 3. The third kappa shape index (κ3) is 8.97. The van der Waals surface area contributed by atoms with Crippen molar-refractivity contribution in [1.29, 1.82) is 0 Å². The predicted octanol–water partition coefficient (Wildman–Crippen LogP) is 7.52. The molecule has 0 radical (unpaired) electrons. The van der Waals surface area contributed by atoms with Crippen molar-refractivity contribution < 1.29 is 37.0 Å². The second-order valence-electron chi connectivity index (χ2n) is 13.3. The van der Waals surface area contributed by atoms with Crippen LogP contribution < -0.4 is 35.1 Å². The number of likely N-dealkylation sites (tertiary alicyclic amines) is 1. The lowest BCUT2D eigenvalue weighted by Crippen LogP contribution is -2.48. The second-order valence-corrected chi connectivity index (χ2v) is 13.3. The zero-order valence-corrected chi connectivity index (χ0v) is 29.4. The molecule has 2 aliphatic heterocycles. The van der Waals surface area contributed by atoms with Gasteiger partial charge in [0.2, 0.25) is 5.91 Å². The van der Waals surface area contributed by atoms with Crippen LogP contribution >= 0.6 is 0 Å². The van der Waals surface area contributed by atoms with E-state index in [0.717, 1.165) is 25.6 Å². The third-order valence-electron chi connectivity index (χ3n) is 9.40. The van der Waals surface area contributed by atoms with Gasteiger partial charge in [-0.2, -0.15) is 13.2 Å². The van der Waals surface area contributed by atoms with Gasteiger partial charge in [0.15, 0.2) is 11.5 Å². The Labute approximate surface area is 300 Å². The quantitative estimate of drug-likeness (QED) is 0.154. The van der Waals surface area contributed by atoms with Crippen LogP contribution in [0, 0.1) is 5.92 Å². The molecule has 14 heteroatoms. The SMILES string of the molecule is COc1cc2nccc(Oc3cccc(NC(=O)Nc4ccc(N5CCC(NC(=O)CN6CCCC(C)C6)CC5)c(C(F)(F)F)c4)c3)c2cc1OC. The molecule has 11 nitrogen and oxygen atoms in total. The molecule has 1 unspecified atom stereocenters. The average molecular weight is 721 g/mol. The highest BCUT2D eigenvalue weighted by Crippen LogP contribution is 2.40. The van der Waals surface area contributed by atoms with Crippen molar-refractivity contribution in [2.75, 3.05) is 62.5 Å². The van der Waals surface area contributed by atoms with E-state index in [1.165, 1.54) is 32.8 Å². The number of piperidine rings is 2. The molecule has 0 bridgehead atoms. The maximum absolute atomic E-state index is 14.3. The Morgan fingerprint density at radius 2 is 1.62 bits per heavy atom. The van der Waals surface area contributed by atoms with Crippen LogP contribution in [0.5, 0.6) is 23.0 Å². The van der Waals surface area contributed by atoms with Crippen LogP contribution in [0.4, 0.5) is 35.0 Å². The first-order chi connectivity index (χ1) is 25.0. The molecule has 0 aliphatic carbocycles. The summed E-state index contributed by atoms with van der Waals surface area (Å²) >= 11 is 0. The fourth-order valence-electron chi connectivity index (χ4n) is 6.88. The number of benzene rings is 3. The number of carbonyl (C=O) groups excluding carboxylic acids is 2. The number of urea groups is 1. The number of hydrogen-bond acceptors (Lipinski definition) is 8. The van der Waals surface area contributed by atoms with Crippen molar-refractivity contribution >= 4 is 39.9 Å². The Hall–Kier alpha value is -5.24. The van der Waals surface area contributed by atoms with Gasteiger partial charge in [0.05, 0.1) is 31.8 Å². The molecule has 6 rings (SSSR count). The summed E-state index contributed by atoms with van der Waals surface area (Å²) in [7, 11) is 3.07. The van der Waals surface area contributed by atoms with E-state index < -0.39 is 17.8 Å². The molecule has 2 fully saturated rings. The van der Waals surface area contributed by atoms with Crippen LogP contribution in [0.15, 0.2) is 66.9 Å². The number of pyridine rings is 1. The van der Waals surface area contributed by atoms with E-state index >= 15 is 0 Å². The fourth-order valence-corrected chi connectivity index (χ4v) is 6.88. The van der Waals surface area contributed by atoms with E-state index in [1.54, 1.807) is 53.6 Å². The molecule has 3 aromatic carbocycles. The number of alkyl halides is 3. The summed E-state index contributed by atoms with van der Waals surface area (Å²) in [6.07, 6.45) is 0.259. The molecule has 3 heterocycles. The molecule has 3 amide bonds. The molecule has 1 aromatic heterocycles. The summed E-state index contributed by atoms with van der Waals surface area (Å²) in [6.45, 7) is 5.06. The smallest absolute Gasteiger partial charge is 0.418 e. The summed E-state index contributed by atoms with van der Waals surface area (Å²) in [5.41, 5.74) is 0.166. The summed E-state index contributed by atoms with van der Waals surface area (Å²) < 4.78 is 59.9. The minimum absolute atomic E-state index is 0.0113. The van der Waals surface area contributed by atoms with Gasteiger partial charge in [0.1, 0.15) is 11.5 Å². The van der Waals surface area contributed by atoms with Gasteiger partial charge >= 0.3 is 12.2 Å². The Balaban J connectivity index is 1.07. The average Bonchev–Trinajstić information content (AvgIpc) is 3.11. The third-order valence-corrected chi connectivity index (χ3v) is 9.40. The minimum Gasteiger partial charge on any atom is -0.493 e. The number of amides is 3. The number of nitrogens with one attached hydrogen (secondary N) is 3. The van der Waals surface area contributed by atoms with Crippen LogP contribution in [0.25, 0.3) is 10.9 Å². The number of rotatable bonds is 10. The molecular formula is C38H43F3N6O5. The first kappa shape index (κ1) is 36.5. The lowest BCUT2D eigenvalue weighted by Gasteiger charge is -2.36. The topological polar surface area (TPSA) is 117 Å². The highest BCUT2D eigenvalue weighted by molar-refractivity contribution is 6.00. The van der Waals surface area contributed by atoms with Crippen molar-refractivity contribution in [2.45, 2.75) is 44.8 Å². The molecular weight excluding hydrogens is 677 g/mol. The summed E-state index contributed by atoms with van der Waals surface area (Å²) in [5, 5.41) is 8.93. The van der Waals surface area contributed by atoms with Gasteiger partial charge in [-0.15, -0.1) is 0 Å². The van der Waals surface area contributed by atoms with Crippen LogP contribution in [-0.2, 0) is 11.0 Å².